The van der Waals surface area contributed by atoms with E-state index in [0.717, 1.165) is 18.5 Å². The molecule has 1 saturated carbocycles. The fourth-order valence-corrected chi connectivity index (χ4v) is 4.35. The Hall–Kier alpha value is -3.95. The molecule has 10 heteroatoms. The Bertz CT molecular complexity index is 1290. The Morgan fingerprint density at radius 2 is 1.83 bits per heavy atom. The van der Waals surface area contributed by atoms with Gasteiger partial charge in [0.25, 0.3) is 0 Å². The fraction of sp³-hybridized carbons (Fsp3) is 0.360. The second-order valence-electron chi connectivity index (χ2n) is 8.83. The van der Waals surface area contributed by atoms with Crippen molar-refractivity contribution in [2.75, 3.05) is 25.1 Å². The smallest absolute Gasteiger partial charge is 0.346 e. The molecule has 2 fully saturated rings. The fourth-order valence-electron chi connectivity index (χ4n) is 4.35. The SMILES string of the molecule is COc1ccc(N2CC(C(=O)NCCn3nc(-c4ccc(F)cc4)n(C4CC4)c3=O)CC2=O)cc1. The Morgan fingerprint density at radius 3 is 2.49 bits per heavy atom. The van der Waals surface area contributed by atoms with Crippen LogP contribution in [-0.2, 0) is 16.1 Å². The molecule has 2 amide bonds. The first-order chi connectivity index (χ1) is 16.9. The summed E-state index contributed by atoms with van der Waals surface area (Å²) in [5, 5.41) is 7.30. The standard InChI is InChI=1S/C25H26FN5O4/c1-35-21-10-8-19(9-11-21)29-15-17(14-22(29)32)24(33)27-12-13-30-25(34)31(20-6-7-20)23(28-30)16-2-4-18(26)5-3-16/h2-5,8-11,17,20H,6-7,12-15H2,1H3,(H,27,33). The molecule has 0 bridgehead atoms. The van der Waals surface area contributed by atoms with Crippen LogP contribution in [-0.4, -0.2) is 46.4 Å². The molecule has 1 aromatic heterocycles. The number of methoxy groups -OCH3 is 1. The molecule has 1 N–H and O–H groups in total. The molecule has 182 valence electrons. The quantitative estimate of drug-likeness (QED) is 0.535. The summed E-state index contributed by atoms with van der Waals surface area (Å²) in [4.78, 5) is 39.8. The summed E-state index contributed by atoms with van der Waals surface area (Å²) in [6, 6.07) is 13.1. The van der Waals surface area contributed by atoms with E-state index < -0.39 is 5.92 Å². The minimum absolute atomic E-state index is 0.0966. The molecular formula is C25H26FN5O4. The van der Waals surface area contributed by atoms with E-state index in [1.165, 1.54) is 16.8 Å². The number of amides is 2. The summed E-state index contributed by atoms with van der Waals surface area (Å²) in [5.41, 5.74) is 1.14. The lowest BCUT2D eigenvalue weighted by atomic mass is 10.1. The summed E-state index contributed by atoms with van der Waals surface area (Å²) >= 11 is 0. The number of aromatic nitrogens is 3. The zero-order valence-corrected chi connectivity index (χ0v) is 19.3. The maximum atomic E-state index is 13.3. The second-order valence-corrected chi connectivity index (χ2v) is 8.83. The Labute approximate surface area is 201 Å². The maximum Gasteiger partial charge on any atom is 0.346 e. The highest BCUT2D eigenvalue weighted by molar-refractivity contribution is 6.00. The minimum Gasteiger partial charge on any atom is -0.497 e. The predicted molar refractivity (Wildman–Crippen MR) is 127 cm³/mol. The highest BCUT2D eigenvalue weighted by Gasteiger charge is 2.35. The summed E-state index contributed by atoms with van der Waals surface area (Å²) in [5.74, 6) is 0.0192. The lowest BCUT2D eigenvalue weighted by Crippen LogP contribution is -2.36. The largest absolute Gasteiger partial charge is 0.497 e. The van der Waals surface area contributed by atoms with Gasteiger partial charge in [0, 0.05) is 36.8 Å². The molecule has 1 atom stereocenters. The monoisotopic (exact) mass is 479 g/mol. The van der Waals surface area contributed by atoms with Crippen LogP contribution >= 0.6 is 0 Å². The van der Waals surface area contributed by atoms with Crippen molar-refractivity contribution < 1.29 is 18.7 Å². The van der Waals surface area contributed by atoms with Gasteiger partial charge in [-0.3, -0.25) is 14.2 Å². The first-order valence-corrected chi connectivity index (χ1v) is 11.6. The van der Waals surface area contributed by atoms with Gasteiger partial charge in [0.15, 0.2) is 5.82 Å². The van der Waals surface area contributed by atoms with E-state index in [1.54, 1.807) is 53.0 Å². The molecule has 1 unspecified atom stereocenters. The molecule has 1 aliphatic heterocycles. The summed E-state index contributed by atoms with van der Waals surface area (Å²) in [6.07, 6.45) is 1.93. The third-order valence-corrected chi connectivity index (χ3v) is 6.39. The molecule has 5 rings (SSSR count). The Balaban J connectivity index is 1.22. The topological polar surface area (TPSA) is 98.5 Å². The molecule has 1 aliphatic carbocycles. The van der Waals surface area contributed by atoms with Crippen molar-refractivity contribution in [3.63, 3.8) is 0 Å². The molecule has 3 aromatic rings. The van der Waals surface area contributed by atoms with Crippen LogP contribution in [0.3, 0.4) is 0 Å². The molecule has 0 spiro atoms. The number of carbonyl (C=O) groups is 2. The highest BCUT2D eigenvalue weighted by atomic mass is 19.1. The van der Waals surface area contributed by atoms with Gasteiger partial charge in [0.05, 0.1) is 19.6 Å². The van der Waals surface area contributed by atoms with Crippen LogP contribution < -0.4 is 20.6 Å². The van der Waals surface area contributed by atoms with Crippen molar-refractivity contribution in [1.82, 2.24) is 19.7 Å². The van der Waals surface area contributed by atoms with E-state index in [2.05, 4.69) is 10.4 Å². The molecule has 0 radical (unpaired) electrons. The number of carbonyl (C=O) groups excluding carboxylic acids is 2. The van der Waals surface area contributed by atoms with E-state index in [-0.39, 0.29) is 48.9 Å². The van der Waals surface area contributed by atoms with Gasteiger partial charge in [-0.2, -0.15) is 0 Å². The van der Waals surface area contributed by atoms with Crippen LogP contribution in [0.4, 0.5) is 10.1 Å². The average molecular weight is 480 g/mol. The van der Waals surface area contributed by atoms with Crippen LogP contribution in [0.5, 0.6) is 5.75 Å². The number of nitrogens with one attached hydrogen (secondary N) is 1. The molecule has 2 heterocycles. The van der Waals surface area contributed by atoms with Crippen LogP contribution in [0.15, 0.2) is 53.3 Å². The summed E-state index contributed by atoms with van der Waals surface area (Å²) in [6.45, 7) is 0.694. The number of rotatable bonds is 8. The van der Waals surface area contributed by atoms with Crippen molar-refractivity contribution in [2.45, 2.75) is 31.8 Å². The van der Waals surface area contributed by atoms with Crippen molar-refractivity contribution >= 4 is 17.5 Å². The summed E-state index contributed by atoms with van der Waals surface area (Å²) < 4.78 is 21.5. The normalized spacial score (nSPS) is 17.6. The Kier molecular flexibility index (Phi) is 6.10. The van der Waals surface area contributed by atoms with Crippen molar-refractivity contribution in [2.24, 2.45) is 5.92 Å². The number of ether oxygens (including phenoxy) is 1. The van der Waals surface area contributed by atoms with Gasteiger partial charge in [0.1, 0.15) is 11.6 Å². The lowest BCUT2D eigenvalue weighted by molar-refractivity contribution is -0.126. The minimum atomic E-state index is -0.472. The molecule has 1 saturated heterocycles. The average Bonchev–Trinajstić information content (AvgIpc) is 3.55. The third-order valence-electron chi connectivity index (χ3n) is 6.39. The van der Waals surface area contributed by atoms with Gasteiger partial charge < -0.3 is 15.0 Å². The maximum absolute atomic E-state index is 13.3. The number of hydrogen-bond acceptors (Lipinski definition) is 5. The zero-order chi connectivity index (χ0) is 24.5. The van der Waals surface area contributed by atoms with E-state index in [1.807, 2.05) is 0 Å². The van der Waals surface area contributed by atoms with Crippen LogP contribution in [0.2, 0.25) is 0 Å². The van der Waals surface area contributed by atoms with Gasteiger partial charge >= 0.3 is 5.69 Å². The van der Waals surface area contributed by atoms with Gasteiger partial charge in [-0.05, 0) is 61.4 Å². The molecule has 35 heavy (non-hydrogen) atoms. The predicted octanol–water partition coefficient (Wildman–Crippen LogP) is 2.36. The lowest BCUT2D eigenvalue weighted by Gasteiger charge is -2.17. The van der Waals surface area contributed by atoms with E-state index >= 15 is 0 Å². The second kappa shape index (κ2) is 9.36. The first kappa shape index (κ1) is 22.8. The van der Waals surface area contributed by atoms with E-state index in [4.69, 9.17) is 4.74 Å². The Morgan fingerprint density at radius 1 is 1.11 bits per heavy atom. The van der Waals surface area contributed by atoms with E-state index in [9.17, 15) is 18.8 Å². The number of anilines is 1. The molecule has 2 aliphatic rings. The third kappa shape index (κ3) is 4.68. The van der Waals surface area contributed by atoms with Crippen LogP contribution in [0, 0.1) is 11.7 Å². The molecular weight excluding hydrogens is 453 g/mol. The molecule has 2 aromatic carbocycles. The zero-order valence-electron chi connectivity index (χ0n) is 19.3. The number of benzene rings is 2. The van der Waals surface area contributed by atoms with Gasteiger partial charge in [0.2, 0.25) is 11.8 Å². The van der Waals surface area contributed by atoms with E-state index in [0.29, 0.717) is 23.7 Å². The number of nitrogens with zero attached hydrogens (tertiary/aromatic N) is 4. The number of halogens is 1. The van der Waals surface area contributed by atoms with Gasteiger partial charge in [-0.1, -0.05) is 0 Å². The first-order valence-electron chi connectivity index (χ1n) is 11.6. The van der Waals surface area contributed by atoms with Gasteiger partial charge in [-0.15, -0.1) is 5.10 Å². The number of hydrogen-bond donors (Lipinski definition) is 1. The highest BCUT2D eigenvalue weighted by Crippen LogP contribution is 2.36. The molecule has 9 nitrogen and oxygen atoms in total. The summed E-state index contributed by atoms with van der Waals surface area (Å²) in [7, 11) is 1.57. The van der Waals surface area contributed by atoms with Gasteiger partial charge in [-0.25, -0.2) is 13.9 Å². The van der Waals surface area contributed by atoms with Crippen LogP contribution in [0.25, 0.3) is 11.4 Å². The van der Waals surface area contributed by atoms with Crippen molar-refractivity contribution in [3.8, 4) is 17.1 Å². The van der Waals surface area contributed by atoms with Crippen molar-refractivity contribution in [1.29, 1.82) is 0 Å². The van der Waals surface area contributed by atoms with Crippen molar-refractivity contribution in [3.05, 3.63) is 64.8 Å². The van der Waals surface area contributed by atoms with Crippen LogP contribution in [0.1, 0.15) is 25.3 Å².